The quantitative estimate of drug-likeness (QED) is 0.848. The van der Waals surface area contributed by atoms with Crippen LogP contribution in [0.3, 0.4) is 0 Å². The molecule has 100 valence electrons. The van der Waals surface area contributed by atoms with Gasteiger partial charge in [-0.2, -0.15) is 13.2 Å². The fourth-order valence-corrected chi connectivity index (χ4v) is 1.56. The molecule has 18 heavy (non-hydrogen) atoms. The van der Waals surface area contributed by atoms with E-state index in [1.54, 1.807) is 13.8 Å². The first-order valence-corrected chi connectivity index (χ1v) is 5.93. The van der Waals surface area contributed by atoms with Crippen molar-refractivity contribution in [2.75, 3.05) is 5.32 Å². The molecule has 0 saturated carbocycles. The molecule has 0 heterocycles. The summed E-state index contributed by atoms with van der Waals surface area (Å²) in [7, 11) is 0. The fourth-order valence-electron chi connectivity index (χ4n) is 1.22. The van der Waals surface area contributed by atoms with Gasteiger partial charge in [-0.05, 0) is 48.0 Å². The number of urea groups is 1. The SMILES string of the molecule is CC(C)NC(=O)Nc1cc(C(F)(F)F)ccc1Br. The molecule has 0 radical (unpaired) electrons. The van der Waals surface area contributed by atoms with Crippen molar-refractivity contribution >= 4 is 27.6 Å². The molecule has 0 unspecified atom stereocenters. The lowest BCUT2D eigenvalue weighted by Crippen LogP contribution is -2.34. The van der Waals surface area contributed by atoms with Crippen LogP contribution in [0.25, 0.3) is 0 Å². The number of halogens is 4. The number of carbonyl (C=O) groups is 1. The molecule has 0 saturated heterocycles. The van der Waals surface area contributed by atoms with E-state index in [1.165, 1.54) is 6.07 Å². The summed E-state index contributed by atoms with van der Waals surface area (Å²) in [5, 5.41) is 4.88. The summed E-state index contributed by atoms with van der Waals surface area (Å²) in [6.07, 6.45) is -4.44. The molecule has 2 N–H and O–H groups in total. The summed E-state index contributed by atoms with van der Waals surface area (Å²) in [6.45, 7) is 3.50. The van der Waals surface area contributed by atoms with E-state index in [0.29, 0.717) is 4.47 Å². The van der Waals surface area contributed by atoms with E-state index in [2.05, 4.69) is 26.6 Å². The van der Waals surface area contributed by atoms with Gasteiger partial charge >= 0.3 is 12.2 Å². The second kappa shape index (κ2) is 5.60. The molecule has 3 nitrogen and oxygen atoms in total. The van der Waals surface area contributed by atoms with Gasteiger partial charge in [-0.1, -0.05) is 0 Å². The van der Waals surface area contributed by atoms with Crippen molar-refractivity contribution in [2.45, 2.75) is 26.1 Å². The number of carbonyl (C=O) groups excluding carboxylic acids is 1. The van der Waals surface area contributed by atoms with Crippen molar-refractivity contribution in [1.29, 1.82) is 0 Å². The average Bonchev–Trinajstić information content (AvgIpc) is 2.18. The highest BCUT2D eigenvalue weighted by Crippen LogP contribution is 2.33. The lowest BCUT2D eigenvalue weighted by atomic mass is 10.2. The Labute approximate surface area is 111 Å². The fraction of sp³-hybridized carbons (Fsp3) is 0.364. The number of alkyl halides is 3. The van der Waals surface area contributed by atoms with Crippen molar-refractivity contribution in [2.24, 2.45) is 0 Å². The summed E-state index contributed by atoms with van der Waals surface area (Å²) in [4.78, 5) is 11.4. The largest absolute Gasteiger partial charge is 0.416 e. The van der Waals surface area contributed by atoms with Crippen molar-refractivity contribution in [3.63, 3.8) is 0 Å². The molecule has 0 atom stereocenters. The monoisotopic (exact) mass is 324 g/mol. The number of anilines is 1. The Morgan fingerprint density at radius 1 is 1.33 bits per heavy atom. The van der Waals surface area contributed by atoms with Gasteiger partial charge in [0.25, 0.3) is 0 Å². The minimum absolute atomic E-state index is 0.0722. The molecule has 7 heteroatoms. The van der Waals surface area contributed by atoms with Gasteiger partial charge in [0.05, 0.1) is 11.3 Å². The van der Waals surface area contributed by atoms with Crippen LogP contribution in [0.1, 0.15) is 19.4 Å². The maximum Gasteiger partial charge on any atom is 0.416 e. The third-order valence-electron chi connectivity index (χ3n) is 1.96. The lowest BCUT2D eigenvalue weighted by Gasteiger charge is -2.13. The normalized spacial score (nSPS) is 11.5. The lowest BCUT2D eigenvalue weighted by molar-refractivity contribution is -0.137. The van der Waals surface area contributed by atoms with Crippen LogP contribution >= 0.6 is 15.9 Å². The molecule has 1 aromatic rings. The first kappa shape index (κ1) is 14.8. The summed E-state index contributed by atoms with van der Waals surface area (Å²) in [5.74, 6) is 0. The standard InChI is InChI=1S/C11H12BrF3N2O/c1-6(2)16-10(18)17-9-5-7(11(13,14)15)3-4-8(9)12/h3-6H,1-2H3,(H2,16,17,18). The second-order valence-corrected chi connectivity index (χ2v) is 4.80. The van der Waals surface area contributed by atoms with E-state index in [-0.39, 0.29) is 11.7 Å². The van der Waals surface area contributed by atoms with Crippen molar-refractivity contribution in [1.82, 2.24) is 5.32 Å². The topological polar surface area (TPSA) is 41.1 Å². The molecule has 0 spiro atoms. The molecule has 0 aromatic heterocycles. The number of hydrogen-bond donors (Lipinski definition) is 2. The highest BCUT2D eigenvalue weighted by atomic mass is 79.9. The smallest absolute Gasteiger partial charge is 0.336 e. The van der Waals surface area contributed by atoms with Gasteiger partial charge in [0.15, 0.2) is 0 Å². The number of nitrogens with one attached hydrogen (secondary N) is 2. The maximum absolute atomic E-state index is 12.5. The van der Waals surface area contributed by atoms with Crippen LogP contribution < -0.4 is 10.6 Å². The maximum atomic E-state index is 12.5. The van der Waals surface area contributed by atoms with Crippen LogP contribution in [0.5, 0.6) is 0 Å². The Kier molecular flexibility index (Phi) is 4.61. The molecule has 1 rings (SSSR count). The van der Waals surface area contributed by atoms with Crippen LogP contribution in [-0.4, -0.2) is 12.1 Å². The van der Waals surface area contributed by atoms with Gasteiger partial charge in [0.1, 0.15) is 0 Å². The van der Waals surface area contributed by atoms with Crippen LogP contribution in [0.2, 0.25) is 0 Å². The van der Waals surface area contributed by atoms with E-state index in [4.69, 9.17) is 0 Å². The van der Waals surface area contributed by atoms with Crippen LogP contribution in [0.15, 0.2) is 22.7 Å². The van der Waals surface area contributed by atoms with Gasteiger partial charge in [-0.3, -0.25) is 0 Å². The number of hydrogen-bond acceptors (Lipinski definition) is 1. The Morgan fingerprint density at radius 3 is 2.44 bits per heavy atom. The Bertz CT molecular complexity index is 446. The minimum atomic E-state index is -4.44. The van der Waals surface area contributed by atoms with Gasteiger partial charge in [-0.15, -0.1) is 0 Å². The molecule has 0 aliphatic heterocycles. The Hall–Kier alpha value is -1.24. The zero-order valence-electron chi connectivity index (χ0n) is 9.73. The van der Waals surface area contributed by atoms with Gasteiger partial charge in [0.2, 0.25) is 0 Å². The summed E-state index contributed by atoms with van der Waals surface area (Å²) >= 11 is 3.08. The van der Waals surface area contributed by atoms with Gasteiger partial charge in [0, 0.05) is 10.5 Å². The average molecular weight is 325 g/mol. The Balaban J connectivity index is 2.92. The molecular weight excluding hydrogens is 313 g/mol. The molecule has 2 amide bonds. The van der Waals surface area contributed by atoms with E-state index in [9.17, 15) is 18.0 Å². The molecule has 0 fully saturated rings. The van der Waals surface area contributed by atoms with Crippen molar-refractivity contribution in [3.8, 4) is 0 Å². The molecular formula is C11H12BrF3N2O. The highest BCUT2D eigenvalue weighted by molar-refractivity contribution is 9.10. The Morgan fingerprint density at radius 2 is 1.94 bits per heavy atom. The summed E-state index contributed by atoms with van der Waals surface area (Å²) in [6, 6.07) is 2.41. The number of rotatable bonds is 2. The first-order valence-electron chi connectivity index (χ1n) is 5.14. The molecule has 1 aromatic carbocycles. The minimum Gasteiger partial charge on any atom is -0.336 e. The van der Waals surface area contributed by atoms with Crippen LogP contribution in [-0.2, 0) is 6.18 Å². The third kappa shape index (κ3) is 4.21. The highest BCUT2D eigenvalue weighted by Gasteiger charge is 2.31. The van der Waals surface area contributed by atoms with E-state index in [0.717, 1.165) is 12.1 Å². The number of benzene rings is 1. The van der Waals surface area contributed by atoms with E-state index in [1.807, 2.05) is 0 Å². The van der Waals surface area contributed by atoms with E-state index < -0.39 is 17.8 Å². The van der Waals surface area contributed by atoms with Crippen LogP contribution in [0, 0.1) is 0 Å². The van der Waals surface area contributed by atoms with Crippen LogP contribution in [0.4, 0.5) is 23.7 Å². The van der Waals surface area contributed by atoms with Gasteiger partial charge in [-0.25, -0.2) is 4.79 Å². The number of amides is 2. The second-order valence-electron chi connectivity index (χ2n) is 3.95. The van der Waals surface area contributed by atoms with Crippen molar-refractivity contribution in [3.05, 3.63) is 28.2 Å². The van der Waals surface area contributed by atoms with Crippen molar-refractivity contribution < 1.29 is 18.0 Å². The predicted molar refractivity (Wildman–Crippen MR) is 66.4 cm³/mol. The van der Waals surface area contributed by atoms with E-state index >= 15 is 0 Å². The predicted octanol–water partition coefficient (Wildman–Crippen LogP) is 4.00. The third-order valence-corrected chi connectivity index (χ3v) is 2.65. The molecule has 0 aliphatic rings. The van der Waals surface area contributed by atoms with Gasteiger partial charge < -0.3 is 10.6 Å². The molecule has 0 bridgehead atoms. The molecule has 0 aliphatic carbocycles. The summed E-state index contributed by atoms with van der Waals surface area (Å²) in [5.41, 5.74) is -0.742. The zero-order chi connectivity index (χ0) is 13.9. The first-order chi connectivity index (χ1) is 8.20. The zero-order valence-corrected chi connectivity index (χ0v) is 11.3. The summed E-state index contributed by atoms with van der Waals surface area (Å²) < 4.78 is 37.9.